The van der Waals surface area contributed by atoms with E-state index in [4.69, 9.17) is 16.3 Å². The molecule has 2 unspecified atom stereocenters. The first-order chi connectivity index (χ1) is 28.1. The first-order valence-electron chi connectivity index (χ1n) is 20.8. The highest BCUT2D eigenvalue weighted by molar-refractivity contribution is 6.31. The molecule has 3 N–H and O–H groups in total. The number of fused-ring (bicyclic) bond motifs is 2. The molecule has 4 fully saturated rings. The molecule has 3 saturated heterocycles. The van der Waals surface area contributed by atoms with Gasteiger partial charge in [0.25, 0.3) is 17.7 Å². The molecule has 0 bridgehead atoms. The smallest absolute Gasteiger partial charge is 0.262 e. The van der Waals surface area contributed by atoms with Crippen molar-refractivity contribution in [3.63, 3.8) is 0 Å². The number of ether oxygens (including phenoxy) is 1. The van der Waals surface area contributed by atoms with Crippen LogP contribution in [0.4, 0.5) is 5.69 Å². The van der Waals surface area contributed by atoms with E-state index in [9.17, 15) is 29.5 Å². The van der Waals surface area contributed by atoms with Crippen LogP contribution < -0.4 is 20.3 Å². The Morgan fingerprint density at radius 3 is 2.12 bits per heavy atom. The Kier molecular flexibility index (Phi) is 9.61. The largest absolute Gasteiger partial charge is 0.489 e. The van der Waals surface area contributed by atoms with Crippen molar-refractivity contribution < 1.29 is 29.0 Å². The number of halogens is 1. The van der Waals surface area contributed by atoms with Crippen LogP contribution in [-0.2, 0) is 17.6 Å². The summed E-state index contributed by atoms with van der Waals surface area (Å²) in [5.74, 6) is -0.223. The van der Waals surface area contributed by atoms with E-state index < -0.39 is 30.0 Å². The number of aliphatic hydroxyl groups excluding tert-OH is 1. The van der Waals surface area contributed by atoms with E-state index in [0.29, 0.717) is 45.4 Å². The van der Waals surface area contributed by atoms with Crippen molar-refractivity contribution in [2.45, 2.75) is 90.6 Å². The maximum atomic E-state index is 13.5. The Morgan fingerprint density at radius 2 is 1.54 bits per heavy atom. The molecular formula is C46H51ClN6O6. The number of aliphatic hydroxyl groups is 1. The summed E-state index contributed by atoms with van der Waals surface area (Å²) in [7, 11) is 0. The van der Waals surface area contributed by atoms with Crippen molar-refractivity contribution in [1.29, 1.82) is 5.26 Å². The number of nitrogens with zero attached hydrogens (tertiary/aromatic N) is 4. The van der Waals surface area contributed by atoms with Gasteiger partial charge in [0.2, 0.25) is 5.91 Å². The predicted molar refractivity (Wildman–Crippen MR) is 221 cm³/mol. The second-order valence-corrected chi connectivity index (χ2v) is 19.5. The van der Waals surface area contributed by atoms with Gasteiger partial charge in [-0.1, -0.05) is 39.3 Å². The number of carbonyl (C=O) groups excluding carboxylic acids is 4. The molecule has 59 heavy (non-hydrogen) atoms. The Morgan fingerprint density at radius 1 is 0.915 bits per heavy atom. The molecule has 2 aliphatic carbocycles. The number of nitrogens with one attached hydrogen (secondary N) is 2. The third-order valence-corrected chi connectivity index (χ3v) is 14.5. The van der Waals surface area contributed by atoms with Crippen LogP contribution in [-0.4, -0.2) is 95.7 Å². The molecule has 12 nitrogen and oxygen atoms in total. The van der Waals surface area contributed by atoms with E-state index in [1.807, 2.05) is 24.3 Å². The zero-order valence-electron chi connectivity index (χ0n) is 34.0. The average molecular weight is 819 g/mol. The van der Waals surface area contributed by atoms with E-state index in [1.54, 1.807) is 18.2 Å². The van der Waals surface area contributed by atoms with Gasteiger partial charge in [0, 0.05) is 72.3 Å². The van der Waals surface area contributed by atoms with Crippen LogP contribution in [0.25, 0.3) is 0 Å². The number of imide groups is 1. The summed E-state index contributed by atoms with van der Waals surface area (Å²) in [6, 6.07) is 17.9. The van der Waals surface area contributed by atoms with E-state index >= 15 is 0 Å². The van der Waals surface area contributed by atoms with Crippen molar-refractivity contribution in [2.24, 2.45) is 22.2 Å². The van der Waals surface area contributed by atoms with Crippen LogP contribution in [0.5, 0.6) is 5.75 Å². The topological polar surface area (TPSA) is 155 Å². The number of benzene rings is 3. The minimum atomic E-state index is -0.948. The standard InChI is InChI=1S/C46H51ClN6O6/c1-44(2)42(45(3,4)43(44)59-32-10-7-28(22-48)35(47)19-32)50-38(55)27-5-8-31(9-6-27)52-15-13-26(14-16-52)23-51-24-46(25-51)20-29-17-33-34(18-30(29)21-46)41(58)53(40(33)57)36-11-12-37(54)49-39(36)56/h5-10,17-19,26,36-37,42-43,54H,11-16,20-21,23-25H2,1-4H3,(H,49,56)(H,50,55)/t36?,37?,42-,43-. The molecule has 4 heterocycles. The monoisotopic (exact) mass is 818 g/mol. The first-order valence-corrected chi connectivity index (χ1v) is 21.2. The van der Waals surface area contributed by atoms with Crippen molar-refractivity contribution >= 4 is 40.9 Å². The molecule has 3 aromatic rings. The number of piperidine rings is 2. The summed E-state index contributed by atoms with van der Waals surface area (Å²) in [6.45, 7) is 13.4. The fraction of sp³-hybridized carbons (Fsp3) is 0.500. The van der Waals surface area contributed by atoms with Crippen LogP contribution in [0.1, 0.15) is 101 Å². The molecule has 13 heteroatoms. The van der Waals surface area contributed by atoms with Gasteiger partial charge in [-0.3, -0.25) is 24.1 Å². The van der Waals surface area contributed by atoms with Gasteiger partial charge in [-0.2, -0.15) is 5.26 Å². The third-order valence-electron chi connectivity index (χ3n) is 14.2. The third kappa shape index (κ3) is 6.75. The number of anilines is 1. The molecule has 0 radical (unpaired) electrons. The van der Waals surface area contributed by atoms with Gasteiger partial charge < -0.3 is 30.3 Å². The lowest BCUT2D eigenvalue weighted by Crippen LogP contribution is -2.74. The summed E-state index contributed by atoms with van der Waals surface area (Å²) in [5, 5.41) is 25.1. The summed E-state index contributed by atoms with van der Waals surface area (Å²) in [6.07, 6.45) is 3.39. The summed E-state index contributed by atoms with van der Waals surface area (Å²) >= 11 is 6.26. The molecule has 1 saturated carbocycles. The lowest BCUT2D eigenvalue weighted by atomic mass is 9.49. The highest BCUT2D eigenvalue weighted by Crippen LogP contribution is 2.56. The number of amides is 4. The summed E-state index contributed by atoms with van der Waals surface area (Å²) < 4.78 is 6.39. The Balaban J connectivity index is 0.737. The molecule has 2 atom stereocenters. The van der Waals surface area contributed by atoms with E-state index in [2.05, 4.69) is 66.3 Å². The highest BCUT2D eigenvalue weighted by atomic mass is 35.5. The minimum absolute atomic E-state index is 0.107. The van der Waals surface area contributed by atoms with Gasteiger partial charge in [-0.25, -0.2) is 0 Å². The number of carbonyl (C=O) groups is 4. The second kappa shape index (κ2) is 14.4. The molecular weight excluding hydrogens is 768 g/mol. The number of rotatable bonds is 8. The van der Waals surface area contributed by atoms with Gasteiger partial charge in [0.15, 0.2) is 0 Å². The number of nitriles is 1. The van der Waals surface area contributed by atoms with Gasteiger partial charge >= 0.3 is 0 Å². The summed E-state index contributed by atoms with van der Waals surface area (Å²) in [5.41, 5.74) is 4.63. The maximum Gasteiger partial charge on any atom is 0.262 e. The Bertz CT molecular complexity index is 2230. The zero-order valence-corrected chi connectivity index (χ0v) is 34.8. The number of hydrogen-bond acceptors (Lipinski definition) is 9. The molecule has 9 rings (SSSR count). The van der Waals surface area contributed by atoms with Crippen LogP contribution in [0.3, 0.4) is 0 Å². The molecule has 6 aliphatic rings. The van der Waals surface area contributed by atoms with Crippen LogP contribution in [0.15, 0.2) is 54.6 Å². The zero-order chi connectivity index (χ0) is 41.6. The quantitative estimate of drug-likeness (QED) is 0.256. The van der Waals surface area contributed by atoms with Gasteiger partial charge in [-0.05, 0) is 104 Å². The van der Waals surface area contributed by atoms with Crippen molar-refractivity contribution in [3.05, 3.63) is 93.0 Å². The second-order valence-electron chi connectivity index (χ2n) is 19.1. The van der Waals surface area contributed by atoms with Gasteiger partial charge in [0.05, 0.1) is 21.7 Å². The highest BCUT2D eigenvalue weighted by Gasteiger charge is 2.64. The minimum Gasteiger partial charge on any atom is -0.489 e. The van der Waals surface area contributed by atoms with E-state index in [1.165, 1.54) is 0 Å². The SMILES string of the molecule is CC1(C)[C@H](NC(=O)c2ccc(N3CCC(CN4CC5(Cc6cc7c(cc6C5)C(=O)N(C5CCC(O)NC5=O)C7=O)C4)CC3)cc2)C(C)(C)[C@H]1Oc1ccc(C#N)c(Cl)c1. The molecule has 1 spiro atoms. The fourth-order valence-electron chi connectivity index (χ4n) is 11.5. The van der Waals surface area contributed by atoms with E-state index in [-0.39, 0.29) is 40.7 Å². The Labute approximate surface area is 349 Å². The molecule has 3 aromatic carbocycles. The lowest BCUT2D eigenvalue weighted by Gasteiger charge is -2.63. The fourth-order valence-corrected chi connectivity index (χ4v) is 11.7. The predicted octanol–water partition coefficient (Wildman–Crippen LogP) is 5.33. The molecule has 4 amide bonds. The van der Waals surface area contributed by atoms with Gasteiger partial charge in [-0.15, -0.1) is 0 Å². The Hall–Kier alpha value is -4.96. The average Bonchev–Trinajstić information content (AvgIpc) is 3.68. The van der Waals surface area contributed by atoms with Crippen molar-refractivity contribution in [2.75, 3.05) is 37.6 Å². The maximum absolute atomic E-state index is 13.5. The van der Waals surface area contributed by atoms with Crippen LogP contribution in [0.2, 0.25) is 5.02 Å². The van der Waals surface area contributed by atoms with Gasteiger partial charge in [0.1, 0.15) is 30.2 Å². The molecule has 0 aromatic heterocycles. The molecule has 308 valence electrons. The number of likely N-dealkylation sites (tertiary alicyclic amines) is 1. The van der Waals surface area contributed by atoms with Crippen molar-refractivity contribution in [3.8, 4) is 11.8 Å². The number of hydrogen-bond donors (Lipinski definition) is 3. The molecule has 4 aliphatic heterocycles. The normalized spacial score (nSPS) is 26.7. The lowest BCUT2D eigenvalue weighted by molar-refractivity contribution is -0.164. The van der Waals surface area contributed by atoms with E-state index in [0.717, 1.165) is 80.1 Å². The first kappa shape index (κ1) is 39.5. The summed E-state index contributed by atoms with van der Waals surface area (Å²) in [4.78, 5) is 58.9. The van der Waals surface area contributed by atoms with Crippen molar-refractivity contribution in [1.82, 2.24) is 20.4 Å². The van der Waals surface area contributed by atoms with Crippen LogP contribution >= 0.6 is 11.6 Å². The van der Waals surface area contributed by atoms with Crippen LogP contribution in [0, 0.1) is 33.5 Å².